The van der Waals surface area contributed by atoms with Crippen molar-refractivity contribution in [3.63, 3.8) is 0 Å². The van der Waals surface area contributed by atoms with E-state index >= 15 is 0 Å². The molecule has 6 nitrogen and oxygen atoms in total. The van der Waals surface area contributed by atoms with Crippen molar-refractivity contribution < 1.29 is 9.90 Å². The van der Waals surface area contributed by atoms with Gasteiger partial charge < -0.3 is 19.9 Å². The van der Waals surface area contributed by atoms with E-state index in [2.05, 4.69) is 33.6 Å². The number of unbranched alkanes of at least 4 members (excludes halogenated alkanes) is 1. The fourth-order valence-corrected chi connectivity index (χ4v) is 5.69. The van der Waals surface area contributed by atoms with Gasteiger partial charge >= 0.3 is 0 Å². The zero-order valence-electron chi connectivity index (χ0n) is 22.9. The van der Waals surface area contributed by atoms with E-state index in [0.29, 0.717) is 11.7 Å². The molecule has 0 radical (unpaired) electrons. The molecule has 3 aromatic rings. The lowest BCUT2D eigenvalue weighted by atomic mass is 9.95. The molecule has 2 aliphatic heterocycles. The molecule has 0 saturated carbocycles. The molecule has 37 heavy (non-hydrogen) atoms. The summed E-state index contributed by atoms with van der Waals surface area (Å²) in [6.45, 7) is 10.9. The van der Waals surface area contributed by atoms with Crippen molar-refractivity contribution in [2.45, 2.75) is 78.2 Å². The number of imidazole rings is 1. The second-order valence-electron chi connectivity index (χ2n) is 10.7. The molecule has 2 fully saturated rings. The molecule has 3 heterocycles. The summed E-state index contributed by atoms with van der Waals surface area (Å²) in [5, 5.41) is 9.85. The van der Waals surface area contributed by atoms with Crippen LogP contribution in [0.25, 0.3) is 22.4 Å². The fraction of sp³-hybridized carbons (Fsp3) is 0.548. The number of H-pyrrole nitrogens is 1. The minimum Gasteiger partial charge on any atom is -0.507 e. The smallest absolute Gasteiger partial charge is 0.225 e. The monoisotopic (exact) mass is 504 g/mol. The van der Waals surface area contributed by atoms with E-state index < -0.39 is 0 Å². The van der Waals surface area contributed by atoms with Crippen molar-refractivity contribution in [2.75, 3.05) is 26.2 Å². The average molecular weight is 505 g/mol. The normalized spacial score (nSPS) is 17.5. The number of hydrogen-bond acceptors (Lipinski definition) is 4. The lowest BCUT2D eigenvalue weighted by Gasteiger charge is -2.38. The first-order valence-corrected chi connectivity index (χ1v) is 14.3. The number of aromatic amines is 1. The van der Waals surface area contributed by atoms with Gasteiger partial charge in [-0.2, -0.15) is 0 Å². The van der Waals surface area contributed by atoms with E-state index in [0.717, 1.165) is 54.1 Å². The zero-order chi connectivity index (χ0) is 26.2. The Balaban J connectivity index is 0.000000175. The number of amides is 1. The first-order chi connectivity index (χ1) is 18.0. The van der Waals surface area contributed by atoms with Gasteiger partial charge in [0.05, 0.1) is 16.6 Å². The van der Waals surface area contributed by atoms with Crippen molar-refractivity contribution in [3.05, 3.63) is 48.0 Å². The van der Waals surface area contributed by atoms with Crippen LogP contribution < -0.4 is 0 Å². The predicted octanol–water partition coefficient (Wildman–Crippen LogP) is 6.53. The first kappa shape index (κ1) is 27.2. The highest BCUT2D eigenvalue weighted by atomic mass is 16.3. The molecular formula is C31H44N4O2. The van der Waals surface area contributed by atoms with E-state index in [1.54, 1.807) is 6.07 Å². The number of nitrogens with one attached hydrogen (secondary N) is 1. The number of phenolic OH excluding ortho intramolecular Hbond substituents is 1. The number of aromatic nitrogens is 2. The van der Waals surface area contributed by atoms with Crippen LogP contribution in [-0.4, -0.2) is 63.0 Å². The van der Waals surface area contributed by atoms with E-state index in [9.17, 15) is 9.90 Å². The van der Waals surface area contributed by atoms with Crippen molar-refractivity contribution in [1.82, 2.24) is 19.8 Å². The maximum absolute atomic E-state index is 12.6. The van der Waals surface area contributed by atoms with Gasteiger partial charge in [0.15, 0.2) is 0 Å². The van der Waals surface area contributed by atoms with Crippen molar-refractivity contribution in [2.24, 2.45) is 5.92 Å². The molecule has 6 heteroatoms. The van der Waals surface area contributed by atoms with Crippen molar-refractivity contribution in [3.8, 4) is 17.1 Å². The molecule has 0 bridgehead atoms. The molecule has 200 valence electrons. The Kier molecular flexibility index (Phi) is 9.62. The molecule has 1 atom stereocenters. The van der Waals surface area contributed by atoms with E-state index in [1.165, 1.54) is 51.6 Å². The Morgan fingerprint density at radius 3 is 2.49 bits per heavy atom. The Morgan fingerprint density at radius 2 is 1.81 bits per heavy atom. The molecular weight excluding hydrogens is 460 g/mol. The highest BCUT2D eigenvalue weighted by molar-refractivity contribution is 5.80. The summed E-state index contributed by atoms with van der Waals surface area (Å²) < 4.78 is 0. The summed E-state index contributed by atoms with van der Waals surface area (Å²) >= 11 is 0. The molecule has 2 saturated heterocycles. The molecule has 1 unspecified atom stereocenters. The number of fused-ring (bicyclic) bond motifs is 1. The van der Waals surface area contributed by atoms with Crippen LogP contribution in [0.15, 0.2) is 42.5 Å². The Bertz CT molecular complexity index is 1110. The summed E-state index contributed by atoms with van der Waals surface area (Å²) in [5.74, 6) is 1.65. The lowest BCUT2D eigenvalue weighted by Crippen LogP contribution is -2.47. The quantitative estimate of drug-likeness (QED) is 0.383. The van der Waals surface area contributed by atoms with Gasteiger partial charge in [-0.15, -0.1) is 0 Å². The molecule has 0 spiro atoms. The number of aryl methyl sites for hydroxylation is 1. The lowest BCUT2D eigenvalue weighted by molar-refractivity contribution is -0.137. The molecule has 1 aromatic heterocycles. The van der Waals surface area contributed by atoms with Gasteiger partial charge in [0.2, 0.25) is 5.91 Å². The van der Waals surface area contributed by atoms with E-state index in [1.807, 2.05) is 43.3 Å². The van der Waals surface area contributed by atoms with Crippen LogP contribution in [0.1, 0.15) is 70.8 Å². The number of piperidine rings is 1. The van der Waals surface area contributed by atoms with Crippen LogP contribution in [0, 0.1) is 12.8 Å². The van der Waals surface area contributed by atoms with Crippen molar-refractivity contribution in [1.29, 1.82) is 0 Å². The number of carbonyl (C=O) groups excluding carboxylic acids is 1. The minimum absolute atomic E-state index is 0.245. The van der Waals surface area contributed by atoms with Crippen LogP contribution in [-0.2, 0) is 4.79 Å². The SMILES string of the molecule is CCCCC(CC)C(=O)N1CCC(N2CCCC2)CC1.Cc1ccc(O)c(-c2nc3ccccc3[nH]2)c1. The summed E-state index contributed by atoms with van der Waals surface area (Å²) in [4.78, 5) is 25.1. The fourth-order valence-electron chi connectivity index (χ4n) is 5.69. The Hall–Kier alpha value is -2.86. The van der Waals surface area contributed by atoms with Crippen LogP contribution in [0.3, 0.4) is 0 Å². The number of aromatic hydroxyl groups is 1. The number of hydrogen-bond donors (Lipinski definition) is 2. The van der Waals surface area contributed by atoms with Gasteiger partial charge in [-0.25, -0.2) is 4.98 Å². The number of nitrogens with zero attached hydrogens (tertiary/aromatic N) is 3. The molecule has 0 aliphatic carbocycles. The second kappa shape index (κ2) is 13.1. The predicted molar refractivity (Wildman–Crippen MR) is 152 cm³/mol. The maximum atomic E-state index is 12.6. The number of benzene rings is 2. The first-order valence-electron chi connectivity index (χ1n) is 14.3. The molecule has 5 rings (SSSR count). The number of rotatable bonds is 7. The van der Waals surface area contributed by atoms with Crippen LogP contribution in [0.5, 0.6) is 5.75 Å². The van der Waals surface area contributed by atoms with E-state index in [-0.39, 0.29) is 11.7 Å². The third-order valence-electron chi connectivity index (χ3n) is 7.98. The van der Waals surface area contributed by atoms with Gasteiger partial charge in [-0.05, 0) is 82.8 Å². The van der Waals surface area contributed by atoms with Gasteiger partial charge in [0, 0.05) is 25.0 Å². The largest absolute Gasteiger partial charge is 0.507 e. The van der Waals surface area contributed by atoms with Gasteiger partial charge in [0.1, 0.15) is 11.6 Å². The molecule has 1 amide bonds. The molecule has 2 aromatic carbocycles. The third-order valence-corrected chi connectivity index (χ3v) is 7.98. The number of para-hydroxylation sites is 2. The zero-order valence-corrected chi connectivity index (χ0v) is 22.9. The van der Waals surface area contributed by atoms with Crippen LogP contribution in [0.4, 0.5) is 0 Å². The molecule has 2 aliphatic rings. The van der Waals surface area contributed by atoms with E-state index in [4.69, 9.17) is 0 Å². The topological polar surface area (TPSA) is 72.5 Å². The van der Waals surface area contributed by atoms with Crippen LogP contribution >= 0.6 is 0 Å². The maximum Gasteiger partial charge on any atom is 0.225 e. The standard InChI is InChI=1S/C17H32N2O.C14H12N2O/c1-3-5-8-15(4-2)17(20)19-13-9-16(10-14-19)18-11-6-7-12-18;1-9-6-7-13(17)10(8-9)14-15-11-4-2-3-5-12(11)16-14/h15-16H,3-14H2,1-2H3;2-8,17H,1H3,(H,15,16). The highest BCUT2D eigenvalue weighted by Crippen LogP contribution is 2.29. The highest BCUT2D eigenvalue weighted by Gasteiger charge is 2.30. The number of phenols is 1. The van der Waals surface area contributed by atoms with Gasteiger partial charge in [-0.1, -0.05) is 50.5 Å². The van der Waals surface area contributed by atoms with Crippen molar-refractivity contribution >= 4 is 16.9 Å². The summed E-state index contributed by atoms with van der Waals surface area (Å²) in [5.41, 5.74) is 3.71. The summed E-state index contributed by atoms with van der Waals surface area (Å²) in [6.07, 6.45) is 9.59. The second-order valence-corrected chi connectivity index (χ2v) is 10.7. The number of carbonyl (C=O) groups is 1. The van der Waals surface area contributed by atoms with Gasteiger partial charge in [-0.3, -0.25) is 4.79 Å². The van der Waals surface area contributed by atoms with Crippen LogP contribution in [0.2, 0.25) is 0 Å². The van der Waals surface area contributed by atoms with Gasteiger partial charge in [0.25, 0.3) is 0 Å². The summed E-state index contributed by atoms with van der Waals surface area (Å²) in [7, 11) is 0. The Labute approximate surface area is 222 Å². The number of likely N-dealkylation sites (tertiary alicyclic amines) is 2. The average Bonchev–Trinajstić information content (AvgIpc) is 3.61. The Morgan fingerprint density at radius 1 is 1.08 bits per heavy atom. The molecule has 2 N–H and O–H groups in total. The third kappa shape index (κ3) is 6.92. The minimum atomic E-state index is 0.245. The summed E-state index contributed by atoms with van der Waals surface area (Å²) in [6, 6.07) is 14.1.